The van der Waals surface area contributed by atoms with Gasteiger partial charge in [0.2, 0.25) is 5.92 Å². The number of likely N-dealkylation sites (tertiary alicyclic amines) is 1. The molecule has 2 saturated heterocycles. The zero-order chi connectivity index (χ0) is 24.8. The number of hydrogen-bond acceptors (Lipinski definition) is 5. The summed E-state index contributed by atoms with van der Waals surface area (Å²) >= 11 is 0. The van der Waals surface area contributed by atoms with Crippen LogP contribution in [0.5, 0.6) is 5.75 Å². The Morgan fingerprint density at radius 3 is 2.69 bits per heavy atom. The van der Waals surface area contributed by atoms with E-state index in [1.807, 2.05) is 12.1 Å². The van der Waals surface area contributed by atoms with Gasteiger partial charge in [-0.25, -0.2) is 8.78 Å². The number of nitrogens with zero attached hydrogens (tertiary/aromatic N) is 2. The minimum atomic E-state index is -4.78. The lowest BCUT2D eigenvalue weighted by Crippen LogP contribution is -2.53. The Hall–Kier alpha value is -2.79. The SMILES string of the molecule is O=C(c1ccc(OCC2CC(F)(F)C2)c(C(F)(F)F)c1)N1CCC2(c3ccccn3)OCOC2C1. The van der Waals surface area contributed by atoms with Crippen LogP contribution in [0.3, 0.4) is 0 Å². The normalized spacial score (nSPS) is 26.2. The van der Waals surface area contributed by atoms with Crippen LogP contribution in [0.4, 0.5) is 22.0 Å². The molecule has 2 aromatic rings. The lowest BCUT2D eigenvalue weighted by Gasteiger charge is -2.41. The summed E-state index contributed by atoms with van der Waals surface area (Å²) in [6.45, 7) is 0.156. The molecular formula is C24H23F5N2O4. The first-order chi connectivity index (χ1) is 16.6. The Bertz CT molecular complexity index is 1090. The fourth-order valence-electron chi connectivity index (χ4n) is 4.94. The van der Waals surface area contributed by atoms with Crippen molar-refractivity contribution in [3.8, 4) is 5.75 Å². The molecule has 3 fully saturated rings. The van der Waals surface area contributed by atoms with Crippen LogP contribution >= 0.6 is 0 Å². The van der Waals surface area contributed by atoms with Crippen LogP contribution in [0.2, 0.25) is 0 Å². The fourth-order valence-corrected chi connectivity index (χ4v) is 4.94. The minimum absolute atomic E-state index is 0.0282. The molecule has 0 N–H and O–H groups in total. The first-order valence-corrected chi connectivity index (χ1v) is 11.3. The predicted octanol–water partition coefficient (Wildman–Crippen LogP) is 4.64. The van der Waals surface area contributed by atoms with Crippen molar-refractivity contribution >= 4 is 5.91 Å². The number of alkyl halides is 5. The highest BCUT2D eigenvalue weighted by molar-refractivity contribution is 5.94. The number of rotatable bonds is 5. The van der Waals surface area contributed by atoms with Gasteiger partial charge in [0.15, 0.2) is 0 Å². The van der Waals surface area contributed by atoms with E-state index >= 15 is 0 Å². The summed E-state index contributed by atoms with van der Waals surface area (Å²) in [6.07, 6.45) is -4.10. The molecule has 6 nitrogen and oxygen atoms in total. The number of piperidine rings is 1. The smallest absolute Gasteiger partial charge is 0.419 e. The van der Waals surface area contributed by atoms with Crippen molar-refractivity contribution < 1.29 is 41.0 Å². The molecule has 1 amide bonds. The molecule has 35 heavy (non-hydrogen) atoms. The van der Waals surface area contributed by atoms with Crippen LogP contribution in [0, 0.1) is 5.92 Å². The monoisotopic (exact) mass is 498 g/mol. The van der Waals surface area contributed by atoms with Gasteiger partial charge in [0.1, 0.15) is 24.2 Å². The molecule has 2 atom stereocenters. The molecule has 1 aromatic heterocycles. The van der Waals surface area contributed by atoms with Gasteiger partial charge in [-0.1, -0.05) is 6.07 Å². The summed E-state index contributed by atoms with van der Waals surface area (Å²) in [4.78, 5) is 18.9. The van der Waals surface area contributed by atoms with Crippen LogP contribution in [0.15, 0.2) is 42.6 Å². The lowest BCUT2D eigenvalue weighted by molar-refractivity contribution is -0.140. The van der Waals surface area contributed by atoms with Crippen LogP contribution in [0.1, 0.15) is 40.9 Å². The number of halogens is 5. The van der Waals surface area contributed by atoms with E-state index in [-0.39, 0.29) is 32.1 Å². The summed E-state index contributed by atoms with van der Waals surface area (Å²) in [5.74, 6) is -4.35. The fraction of sp³-hybridized carbons (Fsp3) is 0.500. The van der Waals surface area contributed by atoms with Gasteiger partial charge in [-0.15, -0.1) is 0 Å². The highest BCUT2D eigenvalue weighted by atomic mass is 19.4. The molecular weight excluding hydrogens is 475 g/mol. The molecule has 3 heterocycles. The number of ether oxygens (including phenoxy) is 3. The van der Waals surface area contributed by atoms with E-state index in [4.69, 9.17) is 14.2 Å². The number of pyridine rings is 1. The van der Waals surface area contributed by atoms with E-state index in [1.54, 1.807) is 12.3 Å². The molecule has 188 valence electrons. The van der Waals surface area contributed by atoms with E-state index in [0.717, 1.165) is 12.1 Å². The number of aromatic nitrogens is 1. The second-order valence-corrected chi connectivity index (χ2v) is 9.17. The van der Waals surface area contributed by atoms with E-state index in [1.165, 1.54) is 11.0 Å². The van der Waals surface area contributed by atoms with Gasteiger partial charge in [-0.05, 0) is 30.3 Å². The molecule has 0 spiro atoms. The highest BCUT2D eigenvalue weighted by Gasteiger charge is 2.52. The third kappa shape index (κ3) is 4.58. The van der Waals surface area contributed by atoms with Crippen molar-refractivity contribution in [2.75, 3.05) is 26.5 Å². The van der Waals surface area contributed by atoms with Gasteiger partial charge in [0, 0.05) is 43.5 Å². The molecule has 0 bridgehead atoms. The Labute approximate surface area is 198 Å². The summed E-state index contributed by atoms with van der Waals surface area (Å²) in [5, 5.41) is 0. The molecule has 2 aliphatic heterocycles. The zero-order valence-corrected chi connectivity index (χ0v) is 18.6. The number of fused-ring (bicyclic) bond motifs is 1. The van der Waals surface area contributed by atoms with Crippen molar-refractivity contribution in [1.29, 1.82) is 0 Å². The molecule has 3 aliphatic rings. The topological polar surface area (TPSA) is 60.9 Å². The number of carbonyl (C=O) groups is 1. The number of carbonyl (C=O) groups excluding carboxylic acids is 1. The van der Waals surface area contributed by atoms with Gasteiger partial charge >= 0.3 is 6.18 Å². The Kier molecular flexibility index (Phi) is 5.95. The van der Waals surface area contributed by atoms with Crippen LogP contribution < -0.4 is 4.74 Å². The summed E-state index contributed by atoms with van der Waals surface area (Å²) in [6, 6.07) is 8.50. The third-order valence-electron chi connectivity index (χ3n) is 6.81. The van der Waals surface area contributed by atoms with Crippen LogP contribution in [0.25, 0.3) is 0 Å². The predicted molar refractivity (Wildman–Crippen MR) is 112 cm³/mol. The average Bonchev–Trinajstić information content (AvgIpc) is 3.25. The summed E-state index contributed by atoms with van der Waals surface area (Å²) in [7, 11) is 0. The first-order valence-electron chi connectivity index (χ1n) is 11.3. The molecule has 2 unspecified atom stereocenters. The summed E-state index contributed by atoms with van der Waals surface area (Å²) in [5.41, 5.74) is -1.40. The van der Waals surface area contributed by atoms with Crippen molar-refractivity contribution in [1.82, 2.24) is 9.88 Å². The molecule has 1 aromatic carbocycles. The standard InChI is InChI=1S/C24H23F5N2O4/c25-22(26)10-15(11-22)13-33-18-5-4-16(9-17(18)24(27,28)29)21(32)31-8-6-23(19-3-1-2-7-30-19)20(12-31)34-14-35-23/h1-5,7,9,15,20H,6,8,10-14H2. The van der Waals surface area contributed by atoms with Gasteiger partial charge in [-0.3, -0.25) is 9.78 Å². The quantitative estimate of drug-likeness (QED) is 0.563. The van der Waals surface area contributed by atoms with Gasteiger partial charge < -0.3 is 19.1 Å². The molecule has 5 rings (SSSR count). The van der Waals surface area contributed by atoms with E-state index in [0.29, 0.717) is 12.1 Å². The van der Waals surface area contributed by atoms with Crippen LogP contribution in [-0.4, -0.2) is 54.3 Å². The zero-order valence-electron chi connectivity index (χ0n) is 18.6. The van der Waals surface area contributed by atoms with Crippen molar-refractivity contribution in [3.05, 3.63) is 59.4 Å². The van der Waals surface area contributed by atoms with Crippen molar-refractivity contribution in [2.45, 2.75) is 43.1 Å². The maximum atomic E-state index is 13.7. The Balaban J connectivity index is 1.31. The number of hydrogen-bond donors (Lipinski definition) is 0. The van der Waals surface area contributed by atoms with Crippen LogP contribution in [-0.2, 0) is 21.3 Å². The average molecular weight is 498 g/mol. The highest BCUT2D eigenvalue weighted by Crippen LogP contribution is 2.44. The maximum Gasteiger partial charge on any atom is 0.419 e. The molecule has 1 aliphatic carbocycles. The van der Waals surface area contributed by atoms with E-state index in [2.05, 4.69) is 4.98 Å². The Morgan fingerprint density at radius 1 is 1.20 bits per heavy atom. The summed E-state index contributed by atoms with van der Waals surface area (Å²) < 4.78 is 84.0. The number of amides is 1. The molecule has 0 radical (unpaired) electrons. The van der Waals surface area contributed by atoms with Gasteiger partial charge in [0.25, 0.3) is 5.91 Å². The van der Waals surface area contributed by atoms with Crippen molar-refractivity contribution in [2.24, 2.45) is 5.92 Å². The maximum absolute atomic E-state index is 13.7. The van der Waals surface area contributed by atoms with E-state index < -0.39 is 59.8 Å². The second-order valence-electron chi connectivity index (χ2n) is 9.17. The Morgan fingerprint density at radius 2 is 2.00 bits per heavy atom. The van der Waals surface area contributed by atoms with E-state index in [9.17, 15) is 26.7 Å². The van der Waals surface area contributed by atoms with Crippen molar-refractivity contribution in [3.63, 3.8) is 0 Å². The first kappa shape index (κ1) is 23.9. The largest absolute Gasteiger partial charge is 0.493 e. The second kappa shape index (κ2) is 8.70. The molecule has 1 saturated carbocycles. The van der Waals surface area contributed by atoms with Gasteiger partial charge in [-0.2, -0.15) is 13.2 Å². The lowest BCUT2D eigenvalue weighted by atomic mass is 9.82. The minimum Gasteiger partial charge on any atom is -0.493 e. The third-order valence-corrected chi connectivity index (χ3v) is 6.81. The van der Waals surface area contributed by atoms with Gasteiger partial charge in [0.05, 0.1) is 24.4 Å². The number of benzene rings is 1. The molecule has 11 heteroatoms.